The van der Waals surface area contributed by atoms with Gasteiger partial charge >= 0.3 is 0 Å². The van der Waals surface area contributed by atoms with Crippen molar-refractivity contribution >= 4 is 11.4 Å². The number of rotatable bonds is 2. The summed E-state index contributed by atoms with van der Waals surface area (Å²) in [7, 11) is 0. The summed E-state index contributed by atoms with van der Waals surface area (Å²) in [5, 5.41) is 13.1. The van der Waals surface area contributed by atoms with Gasteiger partial charge in [0.1, 0.15) is 23.3 Å². The summed E-state index contributed by atoms with van der Waals surface area (Å²) in [6, 6.07) is 8.85. The van der Waals surface area contributed by atoms with E-state index < -0.39 is 17.2 Å². The van der Waals surface area contributed by atoms with Gasteiger partial charge in [0.05, 0.1) is 23.0 Å². The van der Waals surface area contributed by atoms with Crippen molar-refractivity contribution in [3.05, 3.63) is 59.3 Å². The summed E-state index contributed by atoms with van der Waals surface area (Å²) in [5.41, 5.74) is 1.11. The predicted octanol–water partition coefficient (Wildman–Crippen LogP) is 3.78. The second kappa shape index (κ2) is 6.80. The Hall–Kier alpha value is -3.27. The highest BCUT2D eigenvalue weighted by atomic mass is 19.1. The molecule has 1 aliphatic heterocycles. The Morgan fingerprint density at radius 3 is 2.48 bits per heavy atom. The minimum absolute atomic E-state index is 0.0842. The summed E-state index contributed by atoms with van der Waals surface area (Å²) >= 11 is 0. The molecule has 0 atom stereocenters. The van der Waals surface area contributed by atoms with Crippen molar-refractivity contribution in [3.8, 4) is 17.3 Å². The van der Waals surface area contributed by atoms with E-state index in [1.807, 2.05) is 4.90 Å². The molecular formula is C20H16F2N4O. The molecule has 1 aromatic carbocycles. The van der Waals surface area contributed by atoms with Gasteiger partial charge in [-0.15, -0.1) is 0 Å². The van der Waals surface area contributed by atoms with Crippen molar-refractivity contribution < 1.29 is 13.6 Å². The van der Waals surface area contributed by atoms with Crippen LogP contribution >= 0.6 is 0 Å². The first-order chi connectivity index (χ1) is 13.1. The maximum absolute atomic E-state index is 14.0. The van der Waals surface area contributed by atoms with Crippen LogP contribution in [0.15, 0.2) is 36.5 Å². The van der Waals surface area contributed by atoms with Crippen molar-refractivity contribution in [2.24, 2.45) is 0 Å². The van der Waals surface area contributed by atoms with E-state index >= 15 is 0 Å². The van der Waals surface area contributed by atoms with Gasteiger partial charge in [0.25, 0.3) is 5.91 Å². The van der Waals surface area contributed by atoms with Gasteiger partial charge < -0.3 is 4.90 Å². The first-order valence-corrected chi connectivity index (χ1v) is 8.75. The van der Waals surface area contributed by atoms with Crippen molar-refractivity contribution in [1.82, 2.24) is 14.5 Å². The molecule has 5 nitrogen and oxygen atoms in total. The SMILES string of the molecule is N#Cc1c(F)cc(-c2cccc3c(C(=O)N4CCCCC4)cnn23)cc1F. The van der Waals surface area contributed by atoms with Gasteiger partial charge in [-0.05, 0) is 43.5 Å². The average Bonchev–Trinajstić information content (AvgIpc) is 3.12. The maximum atomic E-state index is 14.0. The Morgan fingerprint density at radius 1 is 1.11 bits per heavy atom. The van der Waals surface area contributed by atoms with Crippen LogP contribution in [0.2, 0.25) is 0 Å². The van der Waals surface area contributed by atoms with Gasteiger partial charge in [-0.1, -0.05) is 6.07 Å². The molecule has 0 unspecified atom stereocenters. The number of aromatic nitrogens is 2. The molecule has 0 spiro atoms. The van der Waals surface area contributed by atoms with Crippen molar-refractivity contribution in [1.29, 1.82) is 5.26 Å². The van der Waals surface area contributed by atoms with E-state index in [4.69, 9.17) is 5.26 Å². The van der Waals surface area contributed by atoms with Gasteiger partial charge in [-0.3, -0.25) is 4.79 Å². The largest absolute Gasteiger partial charge is 0.339 e. The van der Waals surface area contributed by atoms with Gasteiger partial charge in [-0.2, -0.15) is 10.4 Å². The molecular weight excluding hydrogens is 350 g/mol. The van der Waals surface area contributed by atoms with E-state index in [2.05, 4.69) is 5.10 Å². The summed E-state index contributed by atoms with van der Waals surface area (Å²) in [6.45, 7) is 1.45. The number of benzene rings is 1. The molecule has 0 radical (unpaired) electrons. The van der Waals surface area contributed by atoms with Crippen LogP contribution in [0.3, 0.4) is 0 Å². The maximum Gasteiger partial charge on any atom is 0.257 e. The van der Waals surface area contributed by atoms with Gasteiger partial charge in [0.2, 0.25) is 0 Å². The van der Waals surface area contributed by atoms with E-state index in [-0.39, 0.29) is 11.5 Å². The summed E-state index contributed by atoms with van der Waals surface area (Å²) in [4.78, 5) is 14.6. The number of piperidine rings is 1. The molecule has 7 heteroatoms. The average molecular weight is 366 g/mol. The lowest BCUT2D eigenvalue weighted by Gasteiger charge is -2.26. The number of nitrogens with zero attached hydrogens (tertiary/aromatic N) is 4. The topological polar surface area (TPSA) is 61.4 Å². The number of carbonyl (C=O) groups is 1. The molecule has 1 saturated heterocycles. The van der Waals surface area contributed by atoms with Crippen LogP contribution in [0.25, 0.3) is 16.8 Å². The lowest BCUT2D eigenvalue weighted by atomic mass is 10.1. The van der Waals surface area contributed by atoms with Crippen LogP contribution in [0.4, 0.5) is 8.78 Å². The first-order valence-electron chi connectivity index (χ1n) is 8.75. The normalized spacial score (nSPS) is 14.3. The molecule has 0 N–H and O–H groups in total. The van der Waals surface area contributed by atoms with E-state index in [1.165, 1.54) is 16.8 Å². The minimum Gasteiger partial charge on any atom is -0.339 e. The van der Waals surface area contributed by atoms with Crippen molar-refractivity contribution in [2.75, 3.05) is 13.1 Å². The van der Waals surface area contributed by atoms with Crippen LogP contribution in [-0.4, -0.2) is 33.5 Å². The van der Waals surface area contributed by atoms with Crippen LogP contribution in [0, 0.1) is 23.0 Å². The second-order valence-corrected chi connectivity index (χ2v) is 6.55. The molecule has 2 aromatic heterocycles. The Labute approximate surface area is 154 Å². The molecule has 3 heterocycles. The molecule has 136 valence electrons. The lowest BCUT2D eigenvalue weighted by molar-refractivity contribution is 0.0726. The number of halogens is 2. The summed E-state index contributed by atoms with van der Waals surface area (Å²) < 4.78 is 29.5. The zero-order chi connectivity index (χ0) is 19.0. The quantitative estimate of drug-likeness (QED) is 0.693. The number of hydrogen-bond donors (Lipinski definition) is 0. The molecule has 0 aliphatic carbocycles. The lowest BCUT2D eigenvalue weighted by Crippen LogP contribution is -2.35. The van der Waals surface area contributed by atoms with Crippen molar-refractivity contribution in [3.63, 3.8) is 0 Å². The zero-order valence-corrected chi connectivity index (χ0v) is 14.5. The van der Waals surface area contributed by atoms with Gasteiger partial charge in [-0.25, -0.2) is 13.3 Å². The third-order valence-electron chi connectivity index (χ3n) is 4.87. The fraction of sp³-hybridized carbons (Fsp3) is 0.250. The molecule has 1 amide bonds. The highest BCUT2D eigenvalue weighted by Gasteiger charge is 2.22. The summed E-state index contributed by atoms with van der Waals surface area (Å²) in [5.74, 6) is -1.94. The fourth-order valence-electron chi connectivity index (χ4n) is 3.49. The highest BCUT2D eigenvalue weighted by molar-refractivity contribution is 6.01. The molecule has 4 rings (SSSR count). The number of nitriles is 1. The first kappa shape index (κ1) is 17.2. The molecule has 1 fully saturated rings. The van der Waals surface area contributed by atoms with E-state index in [0.717, 1.165) is 44.5 Å². The number of fused-ring (bicyclic) bond motifs is 1. The van der Waals surface area contributed by atoms with E-state index in [0.29, 0.717) is 16.8 Å². The van der Waals surface area contributed by atoms with E-state index in [1.54, 1.807) is 18.2 Å². The Bertz CT molecular complexity index is 1050. The minimum atomic E-state index is -0.929. The molecule has 0 saturated carbocycles. The van der Waals surface area contributed by atoms with Crippen LogP contribution in [-0.2, 0) is 0 Å². The smallest absolute Gasteiger partial charge is 0.257 e. The Kier molecular flexibility index (Phi) is 4.32. The van der Waals surface area contributed by atoms with Crippen molar-refractivity contribution in [2.45, 2.75) is 19.3 Å². The number of pyridine rings is 1. The van der Waals surface area contributed by atoms with Gasteiger partial charge in [0, 0.05) is 18.7 Å². The number of carbonyl (C=O) groups excluding carboxylic acids is 1. The van der Waals surface area contributed by atoms with E-state index in [9.17, 15) is 13.6 Å². The molecule has 1 aliphatic rings. The molecule has 27 heavy (non-hydrogen) atoms. The number of amides is 1. The predicted molar refractivity (Wildman–Crippen MR) is 95.0 cm³/mol. The third-order valence-corrected chi connectivity index (χ3v) is 4.87. The summed E-state index contributed by atoms with van der Waals surface area (Å²) in [6.07, 6.45) is 4.59. The standard InChI is InChI=1S/C20H16F2N4O/c21-16-9-13(10-17(22)14(16)11-23)18-5-4-6-19-15(12-24-26(18)19)20(27)25-7-2-1-3-8-25/h4-6,9-10,12H,1-3,7-8H2. The Balaban J connectivity index is 1.80. The number of likely N-dealkylation sites (tertiary alicyclic amines) is 1. The second-order valence-electron chi connectivity index (χ2n) is 6.55. The highest BCUT2D eigenvalue weighted by Crippen LogP contribution is 2.26. The van der Waals surface area contributed by atoms with Crippen LogP contribution in [0.5, 0.6) is 0 Å². The number of hydrogen-bond acceptors (Lipinski definition) is 3. The molecule has 0 bridgehead atoms. The van der Waals surface area contributed by atoms with Gasteiger partial charge in [0.15, 0.2) is 0 Å². The monoisotopic (exact) mass is 366 g/mol. The molecule has 3 aromatic rings. The fourth-order valence-corrected chi connectivity index (χ4v) is 3.49. The van der Waals surface area contributed by atoms with Crippen LogP contribution in [0.1, 0.15) is 35.2 Å². The Morgan fingerprint density at radius 2 is 1.81 bits per heavy atom. The zero-order valence-electron chi connectivity index (χ0n) is 14.5. The third kappa shape index (κ3) is 2.93. The van der Waals surface area contributed by atoms with Crippen LogP contribution < -0.4 is 0 Å².